The molecule has 2 aromatic carbocycles. The number of methoxy groups -OCH3 is 1. The molecule has 28 heavy (non-hydrogen) atoms. The minimum Gasteiger partial charge on any atom is -0.497 e. The van der Waals surface area contributed by atoms with Gasteiger partial charge in [-0.15, -0.1) is 0 Å². The van der Waals surface area contributed by atoms with Crippen LogP contribution in [-0.4, -0.2) is 55.7 Å². The molecule has 0 spiro atoms. The van der Waals surface area contributed by atoms with Gasteiger partial charge in [-0.1, -0.05) is 18.2 Å². The number of halogens is 1. The normalized spacial score (nSPS) is 20.2. The second-order valence-corrected chi connectivity index (χ2v) is 7.64. The van der Waals surface area contributed by atoms with Crippen molar-refractivity contribution in [2.45, 2.75) is 19.5 Å². The molecule has 0 aromatic heterocycles. The quantitative estimate of drug-likeness (QED) is 0.785. The van der Waals surface area contributed by atoms with Crippen molar-refractivity contribution in [3.05, 3.63) is 65.0 Å². The van der Waals surface area contributed by atoms with E-state index in [0.29, 0.717) is 19.2 Å². The SMILES string of the molecule is COc1ccc2c(c1)C=C(CN1CCN(Cc3ccccc3F)C[C@H]1C)CO2. The molecule has 2 aliphatic rings. The highest BCUT2D eigenvalue weighted by atomic mass is 19.1. The molecule has 4 nitrogen and oxygen atoms in total. The molecular formula is C23H27FN2O2. The summed E-state index contributed by atoms with van der Waals surface area (Å²) in [6, 6.07) is 13.4. The predicted octanol–water partition coefficient (Wildman–Crippen LogP) is 3.82. The van der Waals surface area contributed by atoms with Gasteiger partial charge in [0.2, 0.25) is 0 Å². The van der Waals surface area contributed by atoms with Gasteiger partial charge in [-0.3, -0.25) is 9.80 Å². The van der Waals surface area contributed by atoms with Crippen LogP contribution >= 0.6 is 0 Å². The molecule has 2 aliphatic heterocycles. The molecule has 1 fully saturated rings. The van der Waals surface area contributed by atoms with E-state index in [-0.39, 0.29) is 5.82 Å². The lowest BCUT2D eigenvalue weighted by Gasteiger charge is -2.40. The van der Waals surface area contributed by atoms with Crippen LogP contribution in [-0.2, 0) is 6.54 Å². The number of hydrogen-bond acceptors (Lipinski definition) is 4. The second-order valence-electron chi connectivity index (χ2n) is 7.64. The maximum Gasteiger partial charge on any atom is 0.127 e. The van der Waals surface area contributed by atoms with Crippen molar-refractivity contribution in [3.8, 4) is 11.5 Å². The second kappa shape index (κ2) is 8.33. The molecule has 0 saturated carbocycles. The Kier molecular flexibility index (Phi) is 5.64. The van der Waals surface area contributed by atoms with E-state index in [4.69, 9.17) is 9.47 Å². The molecule has 0 aliphatic carbocycles. The van der Waals surface area contributed by atoms with Crippen molar-refractivity contribution < 1.29 is 13.9 Å². The van der Waals surface area contributed by atoms with E-state index in [1.807, 2.05) is 30.3 Å². The zero-order chi connectivity index (χ0) is 19.5. The summed E-state index contributed by atoms with van der Waals surface area (Å²) < 4.78 is 25.2. The molecule has 0 N–H and O–H groups in total. The van der Waals surface area contributed by atoms with Crippen LogP contribution in [0.2, 0.25) is 0 Å². The van der Waals surface area contributed by atoms with Gasteiger partial charge in [0.1, 0.15) is 23.9 Å². The fourth-order valence-electron chi connectivity index (χ4n) is 4.00. The Morgan fingerprint density at radius 2 is 2.00 bits per heavy atom. The van der Waals surface area contributed by atoms with Gasteiger partial charge < -0.3 is 9.47 Å². The Hall–Kier alpha value is -2.37. The number of fused-ring (bicyclic) bond motifs is 1. The maximum atomic E-state index is 13.9. The Labute approximate surface area is 166 Å². The largest absolute Gasteiger partial charge is 0.497 e. The van der Waals surface area contributed by atoms with Crippen LogP contribution in [0.3, 0.4) is 0 Å². The first-order valence-electron chi connectivity index (χ1n) is 9.82. The van der Waals surface area contributed by atoms with Crippen LogP contribution in [0.4, 0.5) is 4.39 Å². The summed E-state index contributed by atoms with van der Waals surface area (Å²) in [6.07, 6.45) is 2.22. The van der Waals surface area contributed by atoms with Gasteiger partial charge in [0.05, 0.1) is 7.11 Å². The predicted molar refractivity (Wildman–Crippen MR) is 109 cm³/mol. The summed E-state index contributed by atoms with van der Waals surface area (Å²) in [6.45, 7) is 7.29. The van der Waals surface area contributed by atoms with Crippen molar-refractivity contribution in [2.24, 2.45) is 0 Å². The Morgan fingerprint density at radius 1 is 1.14 bits per heavy atom. The van der Waals surface area contributed by atoms with Gasteiger partial charge in [0, 0.05) is 49.9 Å². The van der Waals surface area contributed by atoms with Crippen molar-refractivity contribution >= 4 is 6.08 Å². The first kappa shape index (κ1) is 19.0. The van der Waals surface area contributed by atoms with Gasteiger partial charge >= 0.3 is 0 Å². The van der Waals surface area contributed by atoms with Crippen LogP contribution in [0, 0.1) is 5.82 Å². The molecule has 5 heteroatoms. The summed E-state index contributed by atoms with van der Waals surface area (Å²) in [5, 5.41) is 0. The topological polar surface area (TPSA) is 24.9 Å². The fraction of sp³-hybridized carbons (Fsp3) is 0.391. The smallest absolute Gasteiger partial charge is 0.127 e. The Morgan fingerprint density at radius 3 is 2.79 bits per heavy atom. The molecular weight excluding hydrogens is 355 g/mol. The number of piperazine rings is 1. The first-order chi connectivity index (χ1) is 13.6. The minimum absolute atomic E-state index is 0.115. The maximum absolute atomic E-state index is 13.9. The molecule has 148 valence electrons. The number of ether oxygens (including phenoxy) is 2. The molecule has 0 unspecified atom stereocenters. The Bertz CT molecular complexity index is 867. The highest BCUT2D eigenvalue weighted by molar-refractivity contribution is 5.64. The van der Waals surface area contributed by atoms with Crippen LogP contribution in [0.25, 0.3) is 6.08 Å². The molecule has 0 amide bonds. The lowest BCUT2D eigenvalue weighted by atomic mass is 10.0. The number of nitrogens with zero attached hydrogens (tertiary/aromatic N) is 2. The van der Waals surface area contributed by atoms with Crippen molar-refractivity contribution in [2.75, 3.05) is 39.9 Å². The lowest BCUT2D eigenvalue weighted by molar-refractivity contribution is 0.0839. The van der Waals surface area contributed by atoms with Crippen molar-refractivity contribution in [1.82, 2.24) is 9.80 Å². The molecule has 4 rings (SSSR count). The van der Waals surface area contributed by atoms with Crippen molar-refractivity contribution in [3.63, 3.8) is 0 Å². The molecule has 2 aromatic rings. The summed E-state index contributed by atoms with van der Waals surface area (Å²) in [7, 11) is 1.68. The van der Waals surface area contributed by atoms with Crippen molar-refractivity contribution in [1.29, 1.82) is 0 Å². The first-order valence-corrected chi connectivity index (χ1v) is 9.82. The average Bonchev–Trinajstić information content (AvgIpc) is 2.71. The van der Waals surface area contributed by atoms with Gasteiger partial charge in [-0.2, -0.15) is 0 Å². The van der Waals surface area contributed by atoms with E-state index in [9.17, 15) is 4.39 Å². The third-order valence-electron chi connectivity index (χ3n) is 5.60. The number of benzene rings is 2. The van der Waals surface area contributed by atoms with E-state index in [0.717, 1.165) is 48.8 Å². The third-order valence-corrected chi connectivity index (χ3v) is 5.60. The zero-order valence-corrected chi connectivity index (χ0v) is 16.5. The third kappa shape index (κ3) is 4.21. The molecule has 0 radical (unpaired) electrons. The summed E-state index contributed by atoms with van der Waals surface area (Å²) in [5.41, 5.74) is 3.12. The summed E-state index contributed by atoms with van der Waals surface area (Å²) in [4.78, 5) is 4.82. The lowest BCUT2D eigenvalue weighted by Crippen LogP contribution is -2.52. The van der Waals surface area contributed by atoms with Crippen LogP contribution in [0.5, 0.6) is 11.5 Å². The summed E-state index contributed by atoms with van der Waals surface area (Å²) in [5.74, 6) is 1.64. The standard InChI is InChI=1S/C23H27FN2O2/c1-17-13-25(15-19-5-3-4-6-22(19)24)9-10-26(17)14-18-11-20-12-21(27-2)7-8-23(20)28-16-18/h3-8,11-12,17H,9-10,13-16H2,1-2H3/t17-/m1/s1. The highest BCUT2D eigenvalue weighted by Gasteiger charge is 2.25. The van der Waals surface area contributed by atoms with Gasteiger partial charge in [-0.05, 0) is 42.8 Å². The summed E-state index contributed by atoms with van der Waals surface area (Å²) >= 11 is 0. The molecule has 1 atom stereocenters. The van der Waals surface area contributed by atoms with Gasteiger partial charge in [0.25, 0.3) is 0 Å². The minimum atomic E-state index is -0.115. The Balaban J connectivity index is 1.37. The van der Waals surface area contributed by atoms with Gasteiger partial charge in [-0.25, -0.2) is 4.39 Å². The number of rotatable bonds is 5. The van der Waals surface area contributed by atoms with Crippen LogP contribution in [0.15, 0.2) is 48.0 Å². The monoisotopic (exact) mass is 382 g/mol. The van der Waals surface area contributed by atoms with E-state index >= 15 is 0 Å². The average molecular weight is 382 g/mol. The van der Waals surface area contributed by atoms with Gasteiger partial charge in [0.15, 0.2) is 0 Å². The fourth-order valence-corrected chi connectivity index (χ4v) is 4.00. The van der Waals surface area contributed by atoms with Crippen LogP contribution < -0.4 is 9.47 Å². The van der Waals surface area contributed by atoms with E-state index in [2.05, 4.69) is 22.8 Å². The zero-order valence-electron chi connectivity index (χ0n) is 16.5. The number of hydrogen-bond donors (Lipinski definition) is 0. The highest BCUT2D eigenvalue weighted by Crippen LogP contribution is 2.30. The molecule has 2 heterocycles. The van der Waals surface area contributed by atoms with E-state index in [1.165, 1.54) is 11.6 Å². The molecule has 1 saturated heterocycles. The van der Waals surface area contributed by atoms with E-state index in [1.54, 1.807) is 13.2 Å². The van der Waals surface area contributed by atoms with E-state index < -0.39 is 0 Å². The van der Waals surface area contributed by atoms with Crippen LogP contribution in [0.1, 0.15) is 18.1 Å². The molecule has 0 bridgehead atoms.